The van der Waals surface area contributed by atoms with Gasteiger partial charge in [-0.2, -0.15) is 0 Å². The Bertz CT molecular complexity index is 1390. The van der Waals surface area contributed by atoms with E-state index >= 15 is 0 Å². The third kappa shape index (κ3) is 5.56. The molecular weight excluding hydrogens is 424 g/mol. The minimum absolute atomic E-state index is 0.966. The van der Waals surface area contributed by atoms with Gasteiger partial charge in [0.2, 0.25) is 0 Å². The molecule has 1 nitrogen and oxygen atoms in total. The summed E-state index contributed by atoms with van der Waals surface area (Å²) in [5.41, 5.74) is 3.41. The topological polar surface area (TPSA) is 13.1 Å². The van der Waals surface area contributed by atoms with Crippen molar-refractivity contribution >= 4 is 43.5 Å². The normalized spacial score (nSPS) is 11.9. The summed E-state index contributed by atoms with van der Waals surface area (Å²) in [5, 5.41) is 7.73. The van der Waals surface area contributed by atoms with Crippen LogP contribution < -0.4 is 0 Å². The molecule has 0 atom stereocenters. The molecule has 5 rings (SSSR count). The number of furan rings is 1. The van der Waals surface area contributed by atoms with Gasteiger partial charge in [0.05, 0.1) is 0 Å². The first-order valence-electron chi connectivity index (χ1n) is 14.1. The SMILES string of the molecule is CCCCCCCCCCCCCCc1ccc2c(ccc3c2ccc2oc4ccccc4c23)c1. The van der Waals surface area contributed by atoms with Crippen LogP contribution in [0.5, 0.6) is 0 Å². The van der Waals surface area contributed by atoms with Crippen LogP contribution in [-0.2, 0) is 6.42 Å². The fourth-order valence-corrected chi connectivity index (χ4v) is 5.75. The molecule has 0 saturated heterocycles. The van der Waals surface area contributed by atoms with Gasteiger partial charge in [-0.25, -0.2) is 0 Å². The van der Waals surface area contributed by atoms with Crippen molar-refractivity contribution in [3.63, 3.8) is 0 Å². The van der Waals surface area contributed by atoms with Gasteiger partial charge < -0.3 is 4.42 Å². The van der Waals surface area contributed by atoms with Crippen LogP contribution in [0.25, 0.3) is 43.5 Å². The van der Waals surface area contributed by atoms with Crippen molar-refractivity contribution in [3.8, 4) is 0 Å². The summed E-state index contributed by atoms with van der Waals surface area (Å²) in [6.07, 6.45) is 18.1. The van der Waals surface area contributed by atoms with E-state index in [1.165, 1.54) is 121 Å². The maximum atomic E-state index is 6.10. The zero-order valence-corrected chi connectivity index (χ0v) is 21.5. The lowest BCUT2D eigenvalue weighted by atomic mass is 9.96. The van der Waals surface area contributed by atoms with Gasteiger partial charge >= 0.3 is 0 Å². The van der Waals surface area contributed by atoms with Gasteiger partial charge in [0.15, 0.2) is 0 Å². The van der Waals surface area contributed by atoms with Gasteiger partial charge in [0, 0.05) is 10.8 Å². The summed E-state index contributed by atoms with van der Waals surface area (Å²) in [5.74, 6) is 0. The highest BCUT2D eigenvalue weighted by Crippen LogP contribution is 2.37. The molecular formula is C34H40O. The number of hydrogen-bond donors (Lipinski definition) is 0. The summed E-state index contributed by atoms with van der Waals surface area (Å²) in [7, 11) is 0. The van der Waals surface area contributed by atoms with Crippen LogP contribution in [0.2, 0.25) is 0 Å². The van der Waals surface area contributed by atoms with Crippen LogP contribution in [0.15, 0.2) is 71.1 Å². The molecule has 0 aliphatic heterocycles. The van der Waals surface area contributed by atoms with Crippen molar-refractivity contribution in [2.24, 2.45) is 0 Å². The van der Waals surface area contributed by atoms with Crippen molar-refractivity contribution < 1.29 is 4.42 Å². The Hall–Kier alpha value is -2.80. The smallest absolute Gasteiger partial charge is 0.136 e. The van der Waals surface area contributed by atoms with E-state index < -0.39 is 0 Å². The van der Waals surface area contributed by atoms with E-state index in [0.29, 0.717) is 0 Å². The quantitative estimate of drug-likeness (QED) is 0.125. The first-order valence-corrected chi connectivity index (χ1v) is 14.1. The zero-order chi connectivity index (χ0) is 23.9. The van der Waals surface area contributed by atoms with E-state index in [1.807, 2.05) is 6.07 Å². The van der Waals surface area contributed by atoms with Crippen LogP contribution >= 0.6 is 0 Å². The maximum Gasteiger partial charge on any atom is 0.136 e. The first kappa shape index (κ1) is 23.9. The molecule has 0 saturated carbocycles. The second-order valence-electron chi connectivity index (χ2n) is 10.4. The highest BCUT2D eigenvalue weighted by Gasteiger charge is 2.11. The molecule has 35 heavy (non-hydrogen) atoms. The summed E-state index contributed by atoms with van der Waals surface area (Å²) in [4.78, 5) is 0. The van der Waals surface area contributed by atoms with Crippen molar-refractivity contribution in [2.75, 3.05) is 0 Å². The summed E-state index contributed by atoms with van der Waals surface area (Å²) < 4.78 is 6.10. The molecule has 5 aromatic rings. The number of para-hydroxylation sites is 1. The predicted octanol–water partition coefficient (Wildman–Crippen LogP) is 11.1. The maximum absolute atomic E-state index is 6.10. The molecule has 0 fully saturated rings. The minimum atomic E-state index is 0.966. The molecule has 0 aliphatic carbocycles. The molecule has 1 heteroatoms. The van der Waals surface area contributed by atoms with Gasteiger partial charge in [-0.05, 0) is 52.1 Å². The van der Waals surface area contributed by atoms with Crippen LogP contribution in [0.3, 0.4) is 0 Å². The van der Waals surface area contributed by atoms with Crippen LogP contribution in [-0.4, -0.2) is 0 Å². The zero-order valence-electron chi connectivity index (χ0n) is 21.5. The van der Waals surface area contributed by atoms with Gasteiger partial charge in [-0.1, -0.05) is 132 Å². The van der Waals surface area contributed by atoms with Crippen molar-refractivity contribution in [1.82, 2.24) is 0 Å². The number of hydrogen-bond acceptors (Lipinski definition) is 1. The van der Waals surface area contributed by atoms with Crippen LogP contribution in [0.4, 0.5) is 0 Å². The Morgan fingerprint density at radius 3 is 1.94 bits per heavy atom. The average molecular weight is 465 g/mol. The molecule has 0 spiro atoms. The molecule has 0 unspecified atom stereocenters. The third-order valence-corrected chi connectivity index (χ3v) is 7.74. The van der Waals surface area contributed by atoms with E-state index in [0.717, 1.165) is 11.2 Å². The second-order valence-corrected chi connectivity index (χ2v) is 10.4. The van der Waals surface area contributed by atoms with E-state index in [9.17, 15) is 0 Å². The molecule has 4 aromatic carbocycles. The van der Waals surface area contributed by atoms with Crippen LogP contribution in [0, 0.1) is 0 Å². The lowest BCUT2D eigenvalue weighted by Crippen LogP contribution is -1.88. The Morgan fingerprint density at radius 2 is 1.17 bits per heavy atom. The van der Waals surface area contributed by atoms with Gasteiger partial charge in [-0.3, -0.25) is 0 Å². The van der Waals surface area contributed by atoms with E-state index in [4.69, 9.17) is 4.42 Å². The van der Waals surface area contributed by atoms with Crippen molar-refractivity contribution in [2.45, 2.75) is 90.4 Å². The number of unbranched alkanes of at least 4 members (excludes halogenated alkanes) is 11. The largest absolute Gasteiger partial charge is 0.456 e. The first-order chi connectivity index (χ1) is 17.3. The van der Waals surface area contributed by atoms with Crippen molar-refractivity contribution in [3.05, 3.63) is 72.3 Å². The average Bonchev–Trinajstić information content (AvgIpc) is 3.28. The molecule has 1 aromatic heterocycles. The van der Waals surface area contributed by atoms with E-state index in [-0.39, 0.29) is 0 Å². The molecule has 1 heterocycles. The Balaban J connectivity index is 1.16. The standard InChI is InChI=1S/C34H40O/c1-2-3-4-5-6-7-8-9-10-11-12-13-16-26-19-21-28-27(25-26)20-22-30-29(28)23-24-33-34(30)31-17-14-15-18-32(31)35-33/h14-15,17-25H,2-13,16H2,1H3. The number of benzene rings is 4. The summed E-state index contributed by atoms with van der Waals surface area (Å²) >= 11 is 0. The van der Waals surface area contributed by atoms with Crippen LogP contribution in [0.1, 0.15) is 89.5 Å². The van der Waals surface area contributed by atoms with Crippen molar-refractivity contribution in [1.29, 1.82) is 0 Å². The third-order valence-electron chi connectivity index (χ3n) is 7.74. The highest BCUT2D eigenvalue weighted by molar-refractivity contribution is 6.23. The number of aryl methyl sites for hydroxylation is 1. The second kappa shape index (κ2) is 11.8. The molecule has 0 aliphatic rings. The van der Waals surface area contributed by atoms with E-state index in [1.54, 1.807) is 0 Å². The highest BCUT2D eigenvalue weighted by atomic mass is 16.3. The Labute approximate surface area is 210 Å². The minimum Gasteiger partial charge on any atom is -0.456 e. The van der Waals surface area contributed by atoms with Gasteiger partial charge in [0.25, 0.3) is 0 Å². The lowest BCUT2D eigenvalue weighted by Gasteiger charge is -2.08. The Kier molecular flexibility index (Phi) is 8.03. The fourth-order valence-electron chi connectivity index (χ4n) is 5.75. The Morgan fingerprint density at radius 1 is 0.514 bits per heavy atom. The van der Waals surface area contributed by atoms with Gasteiger partial charge in [0.1, 0.15) is 11.2 Å². The number of fused-ring (bicyclic) bond motifs is 7. The molecule has 0 radical (unpaired) electrons. The monoisotopic (exact) mass is 464 g/mol. The number of rotatable bonds is 13. The van der Waals surface area contributed by atoms with Gasteiger partial charge in [-0.15, -0.1) is 0 Å². The van der Waals surface area contributed by atoms with E-state index in [2.05, 4.69) is 67.6 Å². The summed E-state index contributed by atoms with van der Waals surface area (Å²) in [6.45, 7) is 2.29. The lowest BCUT2D eigenvalue weighted by molar-refractivity contribution is 0.544. The molecule has 182 valence electrons. The summed E-state index contributed by atoms with van der Waals surface area (Å²) in [6, 6.07) is 24.4. The fraction of sp³-hybridized carbons (Fsp3) is 0.412. The predicted molar refractivity (Wildman–Crippen MR) is 154 cm³/mol. The molecule has 0 bridgehead atoms. The molecule has 0 N–H and O–H groups in total. The molecule has 0 amide bonds.